The van der Waals surface area contributed by atoms with Crippen molar-refractivity contribution in [3.63, 3.8) is 0 Å². The Morgan fingerprint density at radius 1 is 1.00 bits per heavy atom. The minimum absolute atomic E-state index is 0.154. The van der Waals surface area contributed by atoms with Gasteiger partial charge in [0.2, 0.25) is 0 Å². The van der Waals surface area contributed by atoms with Crippen molar-refractivity contribution >= 4 is 48.3 Å². The second-order valence-electron chi connectivity index (χ2n) is 7.77. The fourth-order valence-corrected chi connectivity index (χ4v) is 5.69. The van der Waals surface area contributed by atoms with Gasteiger partial charge in [0, 0.05) is 11.3 Å². The number of fused-ring (bicyclic) bond motifs is 1. The van der Waals surface area contributed by atoms with Crippen LogP contribution in [-0.4, -0.2) is 26.4 Å². The number of amides is 1. The van der Waals surface area contributed by atoms with Gasteiger partial charge in [0.05, 0.1) is 29.5 Å². The molecule has 0 spiro atoms. The van der Waals surface area contributed by atoms with E-state index in [-0.39, 0.29) is 17.3 Å². The van der Waals surface area contributed by atoms with Crippen molar-refractivity contribution in [3.8, 4) is 5.75 Å². The number of hydrogen-bond donors (Lipinski definition) is 1. The van der Waals surface area contributed by atoms with Gasteiger partial charge in [0.15, 0.2) is 5.13 Å². The average molecular weight is 520 g/mol. The average Bonchev–Trinajstić information content (AvgIpc) is 3.57. The zero-order valence-electron chi connectivity index (χ0n) is 19.1. The summed E-state index contributed by atoms with van der Waals surface area (Å²) in [6.45, 7) is 0.177. The number of anilines is 2. The molecule has 36 heavy (non-hydrogen) atoms. The lowest BCUT2D eigenvalue weighted by atomic mass is 10.2. The fraction of sp³-hybridized carbons (Fsp3) is 0.0769. The van der Waals surface area contributed by atoms with E-state index in [1.54, 1.807) is 68.0 Å². The number of ether oxygens (including phenoxy) is 1. The molecule has 0 atom stereocenters. The molecule has 0 saturated heterocycles. The number of benzene rings is 3. The summed E-state index contributed by atoms with van der Waals surface area (Å²) in [4.78, 5) is 20.0. The SMILES string of the molecule is COc1cccc2sc(N(Cc3ccco3)C(=O)c3ccc(NS(=O)(=O)c4ccccc4)cc3)nc12. The predicted molar refractivity (Wildman–Crippen MR) is 139 cm³/mol. The van der Waals surface area contributed by atoms with Gasteiger partial charge < -0.3 is 9.15 Å². The number of thiazole rings is 1. The van der Waals surface area contributed by atoms with Gasteiger partial charge in [-0.25, -0.2) is 13.4 Å². The van der Waals surface area contributed by atoms with Gasteiger partial charge in [-0.15, -0.1) is 0 Å². The van der Waals surface area contributed by atoms with Crippen LogP contribution in [0.15, 0.2) is 101 Å². The molecular formula is C26H21N3O5S2. The van der Waals surface area contributed by atoms with Gasteiger partial charge in [-0.1, -0.05) is 35.6 Å². The first-order chi connectivity index (χ1) is 17.4. The molecule has 2 heterocycles. The molecule has 0 saturated carbocycles. The summed E-state index contributed by atoms with van der Waals surface area (Å²) in [6, 6.07) is 23.5. The zero-order valence-corrected chi connectivity index (χ0v) is 20.8. The molecule has 182 valence electrons. The van der Waals surface area contributed by atoms with Crippen molar-refractivity contribution in [3.05, 3.63) is 103 Å². The molecule has 3 aromatic carbocycles. The van der Waals surface area contributed by atoms with Crippen LogP contribution >= 0.6 is 11.3 Å². The normalized spacial score (nSPS) is 11.4. The topological polar surface area (TPSA) is 102 Å². The third-order valence-corrected chi connectivity index (χ3v) is 7.84. The lowest BCUT2D eigenvalue weighted by molar-refractivity contribution is 0.0983. The third kappa shape index (κ3) is 4.81. The highest BCUT2D eigenvalue weighted by atomic mass is 32.2. The molecule has 0 fully saturated rings. The van der Waals surface area contributed by atoms with E-state index in [9.17, 15) is 13.2 Å². The van der Waals surface area contributed by atoms with E-state index in [0.29, 0.717) is 33.4 Å². The molecule has 1 amide bonds. The Kier molecular flexibility index (Phi) is 6.45. The van der Waals surface area contributed by atoms with Gasteiger partial charge in [-0.2, -0.15) is 0 Å². The van der Waals surface area contributed by atoms with E-state index < -0.39 is 10.0 Å². The van der Waals surface area contributed by atoms with Crippen LogP contribution in [0.5, 0.6) is 5.75 Å². The Hall–Kier alpha value is -4.15. The van der Waals surface area contributed by atoms with E-state index in [0.717, 1.165) is 4.70 Å². The van der Waals surface area contributed by atoms with Gasteiger partial charge in [-0.3, -0.25) is 14.4 Å². The maximum absolute atomic E-state index is 13.6. The highest BCUT2D eigenvalue weighted by Crippen LogP contribution is 2.35. The molecule has 5 rings (SSSR count). The quantitative estimate of drug-likeness (QED) is 0.289. The Morgan fingerprint density at radius 2 is 1.78 bits per heavy atom. The second kappa shape index (κ2) is 9.84. The molecule has 10 heteroatoms. The molecule has 5 aromatic rings. The summed E-state index contributed by atoms with van der Waals surface area (Å²) in [5.74, 6) is 0.916. The zero-order chi connectivity index (χ0) is 25.1. The predicted octanol–water partition coefficient (Wildman–Crippen LogP) is 5.55. The van der Waals surface area contributed by atoms with Crippen molar-refractivity contribution in [2.75, 3.05) is 16.7 Å². The molecule has 1 N–H and O–H groups in total. The van der Waals surface area contributed by atoms with Crippen molar-refractivity contribution in [1.29, 1.82) is 0 Å². The lowest BCUT2D eigenvalue weighted by Crippen LogP contribution is -2.30. The Labute approximate surface area is 211 Å². The van der Waals surface area contributed by atoms with Crippen molar-refractivity contribution < 1.29 is 22.4 Å². The maximum atomic E-state index is 13.6. The van der Waals surface area contributed by atoms with Crippen LogP contribution < -0.4 is 14.4 Å². The summed E-state index contributed by atoms with van der Waals surface area (Å²) in [6.07, 6.45) is 1.55. The number of para-hydroxylation sites is 1. The summed E-state index contributed by atoms with van der Waals surface area (Å²) in [7, 11) is -2.16. The first-order valence-electron chi connectivity index (χ1n) is 10.9. The Morgan fingerprint density at radius 3 is 2.47 bits per heavy atom. The van der Waals surface area contributed by atoms with Gasteiger partial charge in [-0.05, 0) is 60.7 Å². The number of furan rings is 1. The number of rotatable bonds is 8. The largest absolute Gasteiger partial charge is 0.494 e. The molecule has 0 aliphatic rings. The smallest absolute Gasteiger partial charge is 0.261 e. The fourth-order valence-electron chi connectivity index (χ4n) is 3.63. The van der Waals surface area contributed by atoms with Gasteiger partial charge in [0.25, 0.3) is 15.9 Å². The molecule has 0 aliphatic heterocycles. The highest BCUT2D eigenvalue weighted by Gasteiger charge is 2.24. The van der Waals surface area contributed by atoms with Crippen molar-refractivity contribution in [2.45, 2.75) is 11.4 Å². The first-order valence-corrected chi connectivity index (χ1v) is 13.2. The number of nitrogens with zero attached hydrogens (tertiary/aromatic N) is 2. The third-order valence-electron chi connectivity index (χ3n) is 5.40. The lowest BCUT2D eigenvalue weighted by Gasteiger charge is -2.19. The number of methoxy groups -OCH3 is 1. The van der Waals surface area contributed by atoms with E-state index in [4.69, 9.17) is 9.15 Å². The Bertz CT molecular complexity index is 1600. The number of hydrogen-bond acceptors (Lipinski definition) is 7. The van der Waals surface area contributed by atoms with Crippen LogP contribution in [-0.2, 0) is 16.6 Å². The summed E-state index contributed by atoms with van der Waals surface area (Å²) >= 11 is 1.37. The molecule has 0 aliphatic carbocycles. The minimum Gasteiger partial charge on any atom is -0.494 e. The number of aromatic nitrogens is 1. The van der Waals surface area contributed by atoms with Crippen LogP contribution in [0.4, 0.5) is 10.8 Å². The highest BCUT2D eigenvalue weighted by molar-refractivity contribution is 7.92. The van der Waals surface area contributed by atoms with E-state index in [1.807, 2.05) is 18.2 Å². The van der Waals surface area contributed by atoms with E-state index >= 15 is 0 Å². The van der Waals surface area contributed by atoms with Gasteiger partial charge >= 0.3 is 0 Å². The molecule has 0 bridgehead atoms. The van der Waals surface area contributed by atoms with Crippen LogP contribution in [0, 0.1) is 0 Å². The first kappa shape index (κ1) is 23.6. The molecule has 8 nitrogen and oxygen atoms in total. The maximum Gasteiger partial charge on any atom is 0.261 e. The van der Waals surface area contributed by atoms with Crippen molar-refractivity contribution in [2.24, 2.45) is 0 Å². The monoisotopic (exact) mass is 519 g/mol. The number of sulfonamides is 1. The molecule has 0 radical (unpaired) electrons. The summed E-state index contributed by atoms with van der Waals surface area (Å²) in [5.41, 5.74) is 1.39. The summed E-state index contributed by atoms with van der Waals surface area (Å²) in [5, 5.41) is 0.491. The molecule has 0 unspecified atom stereocenters. The second-order valence-corrected chi connectivity index (χ2v) is 10.5. The van der Waals surface area contributed by atoms with Crippen LogP contribution in [0.3, 0.4) is 0 Å². The summed E-state index contributed by atoms with van der Waals surface area (Å²) < 4.78 is 39.6. The van der Waals surface area contributed by atoms with Crippen LogP contribution in [0.2, 0.25) is 0 Å². The van der Waals surface area contributed by atoms with E-state index in [2.05, 4.69) is 9.71 Å². The van der Waals surface area contributed by atoms with Crippen LogP contribution in [0.25, 0.3) is 10.2 Å². The molecular weight excluding hydrogens is 498 g/mol. The minimum atomic E-state index is -3.74. The van der Waals surface area contributed by atoms with Gasteiger partial charge in [0.1, 0.15) is 17.0 Å². The number of carbonyl (C=O) groups is 1. The Balaban J connectivity index is 1.44. The number of nitrogens with one attached hydrogen (secondary N) is 1. The van der Waals surface area contributed by atoms with E-state index in [1.165, 1.54) is 28.4 Å². The standard InChI is InChI=1S/C26H21N3O5S2/c1-33-22-10-5-11-23-24(22)27-26(35-23)29(17-20-7-6-16-34-20)25(30)18-12-14-19(15-13-18)28-36(31,32)21-8-3-2-4-9-21/h2-16,28H,17H2,1H3. The molecule has 2 aromatic heterocycles. The number of carbonyl (C=O) groups excluding carboxylic acids is 1. The van der Waals surface area contributed by atoms with Crippen LogP contribution in [0.1, 0.15) is 16.1 Å². The van der Waals surface area contributed by atoms with Crippen molar-refractivity contribution in [1.82, 2.24) is 4.98 Å².